The third-order valence-electron chi connectivity index (χ3n) is 2.55. The summed E-state index contributed by atoms with van der Waals surface area (Å²) in [4.78, 5) is 11.7. The first-order chi connectivity index (χ1) is 9.84. The molecule has 2 aromatic rings. The van der Waals surface area contributed by atoms with E-state index in [1.165, 1.54) is 12.1 Å². The maximum absolute atomic E-state index is 12.6. The Morgan fingerprint density at radius 1 is 0.952 bits per heavy atom. The molecule has 2 rings (SSSR count). The molecule has 0 bridgehead atoms. The van der Waals surface area contributed by atoms with Crippen LogP contribution in [0.3, 0.4) is 0 Å². The maximum Gasteiger partial charge on any atom is 0.416 e. The Bertz CT molecular complexity index is 641. The van der Waals surface area contributed by atoms with Crippen LogP contribution in [-0.2, 0) is 6.18 Å². The second kappa shape index (κ2) is 6.17. The van der Waals surface area contributed by atoms with Gasteiger partial charge in [-0.15, -0.1) is 0 Å². The molecule has 110 valence electrons. The van der Waals surface area contributed by atoms with Crippen molar-refractivity contribution in [3.8, 4) is 0 Å². The fourth-order valence-corrected chi connectivity index (χ4v) is 1.86. The minimum Gasteiger partial charge on any atom is -0.308 e. The Hall–Kier alpha value is -2.02. The Balaban J connectivity index is 2.04. The number of benzene rings is 2. The lowest BCUT2D eigenvalue weighted by Gasteiger charge is -2.10. The number of alkyl halides is 3. The summed E-state index contributed by atoms with van der Waals surface area (Å²) in [5, 5.41) is 4.88. The fourth-order valence-electron chi connectivity index (χ4n) is 1.60. The van der Waals surface area contributed by atoms with E-state index < -0.39 is 17.8 Å². The van der Waals surface area contributed by atoms with Gasteiger partial charge in [0.15, 0.2) is 0 Å². The van der Waals surface area contributed by atoms with Crippen LogP contribution in [0.15, 0.2) is 53.0 Å². The number of anilines is 2. The van der Waals surface area contributed by atoms with Crippen LogP contribution >= 0.6 is 15.9 Å². The fraction of sp³-hybridized carbons (Fsp3) is 0.0714. The van der Waals surface area contributed by atoms with Crippen LogP contribution in [0.5, 0.6) is 0 Å². The zero-order valence-electron chi connectivity index (χ0n) is 10.5. The molecule has 2 amide bonds. The number of rotatable bonds is 2. The Labute approximate surface area is 127 Å². The van der Waals surface area contributed by atoms with Crippen LogP contribution in [0.25, 0.3) is 0 Å². The van der Waals surface area contributed by atoms with Crippen molar-refractivity contribution in [1.29, 1.82) is 0 Å². The van der Waals surface area contributed by atoms with Gasteiger partial charge in [-0.05, 0) is 42.5 Å². The lowest BCUT2D eigenvalue weighted by Crippen LogP contribution is -2.19. The number of nitrogens with one attached hydrogen (secondary N) is 2. The van der Waals surface area contributed by atoms with Crippen LogP contribution in [0, 0.1) is 0 Å². The van der Waals surface area contributed by atoms with Crippen molar-refractivity contribution >= 4 is 33.3 Å². The van der Waals surface area contributed by atoms with Gasteiger partial charge in [0.2, 0.25) is 0 Å². The van der Waals surface area contributed by atoms with E-state index in [1.807, 2.05) is 0 Å². The lowest BCUT2D eigenvalue weighted by molar-refractivity contribution is -0.137. The summed E-state index contributed by atoms with van der Waals surface area (Å²) in [7, 11) is 0. The molecule has 21 heavy (non-hydrogen) atoms. The molecule has 0 fully saturated rings. The zero-order chi connectivity index (χ0) is 15.5. The summed E-state index contributed by atoms with van der Waals surface area (Å²) in [6.45, 7) is 0. The second-order valence-electron chi connectivity index (χ2n) is 4.16. The van der Waals surface area contributed by atoms with Crippen molar-refractivity contribution in [3.05, 3.63) is 58.6 Å². The summed E-state index contributed by atoms with van der Waals surface area (Å²) in [6.07, 6.45) is -4.44. The highest BCUT2D eigenvalue weighted by Gasteiger charge is 2.30. The number of amides is 2. The molecule has 0 saturated heterocycles. The molecule has 0 heterocycles. The molecule has 0 unspecified atom stereocenters. The number of urea groups is 1. The molecule has 0 radical (unpaired) electrons. The minimum absolute atomic E-state index is 0.0689. The van der Waals surface area contributed by atoms with Gasteiger partial charge >= 0.3 is 12.2 Å². The predicted molar refractivity (Wildman–Crippen MR) is 78.2 cm³/mol. The van der Waals surface area contributed by atoms with Gasteiger partial charge in [0, 0.05) is 15.8 Å². The molecule has 7 heteroatoms. The monoisotopic (exact) mass is 358 g/mol. The lowest BCUT2D eigenvalue weighted by atomic mass is 10.2. The summed E-state index contributed by atoms with van der Waals surface area (Å²) >= 11 is 3.26. The van der Waals surface area contributed by atoms with E-state index in [0.717, 1.165) is 16.6 Å². The second-order valence-corrected chi connectivity index (χ2v) is 5.08. The smallest absolute Gasteiger partial charge is 0.308 e. The summed E-state index contributed by atoms with van der Waals surface area (Å²) in [5.41, 5.74) is -0.217. The van der Waals surface area contributed by atoms with Gasteiger partial charge in [0.1, 0.15) is 0 Å². The number of halogens is 4. The molecular weight excluding hydrogens is 349 g/mol. The zero-order valence-corrected chi connectivity index (χ0v) is 12.1. The van der Waals surface area contributed by atoms with E-state index in [0.29, 0.717) is 5.69 Å². The molecule has 0 aliphatic rings. The van der Waals surface area contributed by atoms with Crippen molar-refractivity contribution in [3.63, 3.8) is 0 Å². The highest BCUT2D eigenvalue weighted by molar-refractivity contribution is 9.10. The molecule has 0 atom stereocenters. The Morgan fingerprint density at radius 3 is 2.19 bits per heavy atom. The van der Waals surface area contributed by atoms with Crippen molar-refractivity contribution in [2.75, 3.05) is 10.6 Å². The minimum atomic E-state index is -4.44. The largest absolute Gasteiger partial charge is 0.416 e. The molecule has 0 spiro atoms. The summed E-state index contributed by atoms with van der Waals surface area (Å²) in [6, 6.07) is 10.6. The van der Waals surface area contributed by atoms with E-state index in [9.17, 15) is 18.0 Å². The van der Waals surface area contributed by atoms with Gasteiger partial charge in [-0.3, -0.25) is 0 Å². The Morgan fingerprint density at radius 2 is 1.57 bits per heavy atom. The highest BCUT2D eigenvalue weighted by atomic mass is 79.9. The van der Waals surface area contributed by atoms with Crippen molar-refractivity contribution < 1.29 is 18.0 Å². The summed E-state index contributed by atoms with van der Waals surface area (Å²) < 4.78 is 38.5. The first kappa shape index (κ1) is 15.4. The first-order valence-electron chi connectivity index (χ1n) is 5.85. The van der Waals surface area contributed by atoms with Crippen LogP contribution in [0.4, 0.5) is 29.3 Å². The SMILES string of the molecule is O=C(Nc1ccc(Br)cc1)Nc1cccc(C(F)(F)F)c1. The average Bonchev–Trinajstić information content (AvgIpc) is 2.41. The van der Waals surface area contributed by atoms with Crippen LogP contribution in [0.1, 0.15) is 5.56 Å². The van der Waals surface area contributed by atoms with E-state index in [4.69, 9.17) is 0 Å². The first-order valence-corrected chi connectivity index (χ1v) is 6.65. The molecule has 2 N–H and O–H groups in total. The van der Waals surface area contributed by atoms with Crippen LogP contribution in [0.2, 0.25) is 0 Å². The third-order valence-corrected chi connectivity index (χ3v) is 3.08. The van der Waals surface area contributed by atoms with Crippen molar-refractivity contribution in [1.82, 2.24) is 0 Å². The maximum atomic E-state index is 12.6. The van der Waals surface area contributed by atoms with Gasteiger partial charge in [-0.2, -0.15) is 13.2 Å². The van der Waals surface area contributed by atoms with Gasteiger partial charge in [0.25, 0.3) is 0 Å². The Kier molecular flexibility index (Phi) is 4.52. The van der Waals surface area contributed by atoms with Gasteiger partial charge in [-0.1, -0.05) is 22.0 Å². The van der Waals surface area contributed by atoms with E-state index in [2.05, 4.69) is 26.6 Å². The van der Waals surface area contributed by atoms with Gasteiger partial charge in [0.05, 0.1) is 5.56 Å². The number of hydrogen-bond donors (Lipinski definition) is 2. The normalized spacial score (nSPS) is 11.0. The van der Waals surface area contributed by atoms with Crippen molar-refractivity contribution in [2.45, 2.75) is 6.18 Å². The quantitative estimate of drug-likeness (QED) is 0.769. The highest BCUT2D eigenvalue weighted by Crippen LogP contribution is 2.30. The molecule has 0 aliphatic carbocycles. The standard InChI is InChI=1S/C14H10BrF3N2O/c15-10-4-6-11(7-5-10)19-13(21)20-12-3-1-2-9(8-12)14(16,17)18/h1-8H,(H2,19,20,21). The molecular formula is C14H10BrF3N2O. The van der Waals surface area contributed by atoms with E-state index >= 15 is 0 Å². The predicted octanol–water partition coefficient (Wildman–Crippen LogP) is 5.11. The molecule has 0 aliphatic heterocycles. The number of carbonyl (C=O) groups is 1. The topological polar surface area (TPSA) is 41.1 Å². The van der Waals surface area contributed by atoms with Gasteiger partial charge in [-0.25, -0.2) is 4.79 Å². The van der Waals surface area contributed by atoms with E-state index in [1.54, 1.807) is 24.3 Å². The number of hydrogen-bond acceptors (Lipinski definition) is 1. The summed E-state index contributed by atoms with van der Waals surface area (Å²) in [5.74, 6) is 0. The van der Waals surface area contributed by atoms with Crippen LogP contribution < -0.4 is 10.6 Å². The number of carbonyl (C=O) groups excluding carboxylic acids is 1. The molecule has 0 saturated carbocycles. The molecule has 2 aromatic carbocycles. The van der Waals surface area contributed by atoms with Crippen molar-refractivity contribution in [2.24, 2.45) is 0 Å². The molecule has 0 aromatic heterocycles. The van der Waals surface area contributed by atoms with Gasteiger partial charge < -0.3 is 10.6 Å². The van der Waals surface area contributed by atoms with Crippen LogP contribution in [-0.4, -0.2) is 6.03 Å². The van der Waals surface area contributed by atoms with E-state index in [-0.39, 0.29) is 5.69 Å². The third kappa shape index (κ3) is 4.49. The average molecular weight is 359 g/mol. The molecule has 3 nitrogen and oxygen atoms in total.